The number of amides is 4. The molecule has 0 radical (unpaired) electrons. The Morgan fingerprint density at radius 2 is 1.67 bits per heavy atom. The summed E-state index contributed by atoms with van der Waals surface area (Å²) in [6.07, 6.45) is 0.659. The van der Waals surface area contributed by atoms with Crippen molar-refractivity contribution < 1.29 is 28.3 Å². The summed E-state index contributed by atoms with van der Waals surface area (Å²) in [5.41, 5.74) is 1.96. The topological polar surface area (TPSA) is 117 Å². The third kappa shape index (κ3) is 8.63. The maximum absolute atomic E-state index is 13.4. The number of carbonyl (C=O) groups is 4. The van der Waals surface area contributed by atoms with Crippen molar-refractivity contribution >= 4 is 23.6 Å². The lowest BCUT2D eigenvalue weighted by Crippen LogP contribution is -2.50. The molecule has 220 valence electrons. The van der Waals surface area contributed by atoms with Gasteiger partial charge in [0.25, 0.3) is 5.91 Å². The van der Waals surface area contributed by atoms with Gasteiger partial charge in [0.15, 0.2) is 0 Å². The van der Waals surface area contributed by atoms with E-state index < -0.39 is 29.8 Å². The van der Waals surface area contributed by atoms with E-state index in [0.717, 1.165) is 11.1 Å². The van der Waals surface area contributed by atoms with Gasteiger partial charge in [0.05, 0.1) is 12.1 Å². The molecule has 0 saturated heterocycles. The second kappa shape index (κ2) is 14.8. The normalized spacial score (nSPS) is 18.4. The van der Waals surface area contributed by atoms with Crippen LogP contribution in [-0.4, -0.2) is 67.4 Å². The summed E-state index contributed by atoms with van der Waals surface area (Å²) in [6, 6.07) is 20.2. The Balaban J connectivity index is 1.52. The SMILES string of the molecule is CN1CCOc2ccccc2C(=O)N[C@H](C(=O)NCCc2ccc(F)cc2)CCC(=O)N[C@@H](Cc2ccccc2)C1=O. The molecule has 0 saturated carbocycles. The quantitative estimate of drug-likeness (QED) is 0.419. The van der Waals surface area contributed by atoms with E-state index in [1.807, 2.05) is 30.3 Å². The van der Waals surface area contributed by atoms with Gasteiger partial charge in [-0.1, -0.05) is 54.6 Å². The molecule has 4 rings (SSSR count). The highest BCUT2D eigenvalue weighted by Gasteiger charge is 2.28. The molecular formula is C32H35FN4O5. The first-order valence-corrected chi connectivity index (χ1v) is 13.9. The van der Waals surface area contributed by atoms with Crippen LogP contribution in [0.3, 0.4) is 0 Å². The molecule has 3 aromatic rings. The van der Waals surface area contributed by atoms with Crippen molar-refractivity contribution in [2.45, 2.75) is 37.8 Å². The number of halogens is 1. The van der Waals surface area contributed by atoms with Crippen LogP contribution in [0.2, 0.25) is 0 Å². The van der Waals surface area contributed by atoms with Gasteiger partial charge in [-0.3, -0.25) is 19.2 Å². The smallest absolute Gasteiger partial charge is 0.255 e. The predicted octanol–water partition coefficient (Wildman–Crippen LogP) is 2.64. The summed E-state index contributed by atoms with van der Waals surface area (Å²) in [4.78, 5) is 54.4. The number of nitrogens with zero attached hydrogens (tertiary/aromatic N) is 1. The van der Waals surface area contributed by atoms with E-state index in [1.165, 1.54) is 17.0 Å². The fourth-order valence-corrected chi connectivity index (χ4v) is 4.65. The van der Waals surface area contributed by atoms with E-state index in [4.69, 9.17) is 4.74 Å². The number of ether oxygens (including phenoxy) is 1. The lowest BCUT2D eigenvalue weighted by atomic mass is 10.0. The van der Waals surface area contributed by atoms with Gasteiger partial charge >= 0.3 is 0 Å². The van der Waals surface area contributed by atoms with E-state index in [0.29, 0.717) is 18.6 Å². The molecule has 0 aliphatic carbocycles. The molecule has 0 unspecified atom stereocenters. The Morgan fingerprint density at radius 3 is 2.43 bits per heavy atom. The summed E-state index contributed by atoms with van der Waals surface area (Å²) in [5.74, 6) is -1.70. The van der Waals surface area contributed by atoms with Crippen LogP contribution in [0.1, 0.15) is 34.3 Å². The summed E-state index contributed by atoms with van der Waals surface area (Å²) in [5, 5.41) is 8.38. The Morgan fingerprint density at radius 1 is 0.952 bits per heavy atom. The summed E-state index contributed by atoms with van der Waals surface area (Å²) in [7, 11) is 1.64. The highest BCUT2D eigenvalue weighted by Crippen LogP contribution is 2.19. The average molecular weight is 575 g/mol. The fraction of sp³-hybridized carbons (Fsp3) is 0.312. The molecule has 0 spiro atoms. The lowest BCUT2D eigenvalue weighted by molar-refractivity contribution is -0.135. The number of nitrogens with one attached hydrogen (secondary N) is 3. The van der Waals surface area contributed by atoms with Gasteiger partial charge in [-0.25, -0.2) is 4.39 Å². The van der Waals surface area contributed by atoms with Crippen molar-refractivity contribution in [1.29, 1.82) is 0 Å². The average Bonchev–Trinajstić information content (AvgIpc) is 2.99. The second-order valence-corrected chi connectivity index (χ2v) is 10.1. The van der Waals surface area contributed by atoms with Gasteiger partial charge in [-0.2, -0.15) is 0 Å². The molecule has 0 aromatic heterocycles. The maximum atomic E-state index is 13.4. The van der Waals surface area contributed by atoms with Crippen LogP contribution in [0.15, 0.2) is 78.9 Å². The number of hydrogen-bond acceptors (Lipinski definition) is 5. The highest BCUT2D eigenvalue weighted by atomic mass is 19.1. The van der Waals surface area contributed by atoms with Crippen LogP contribution in [0.5, 0.6) is 5.75 Å². The standard InChI is InChI=1S/C32H35FN4O5/c1-37-19-20-42-28-10-6-5-9-25(28)30(39)36-26(31(40)34-18-17-22-11-13-24(33)14-12-22)15-16-29(38)35-27(32(37)41)21-23-7-3-2-4-8-23/h2-14,26-27H,15-21H2,1H3,(H,34,40)(H,35,38)(H,36,39)/t26-,27-/m0/s1. The second-order valence-electron chi connectivity index (χ2n) is 10.1. The first kappa shape index (κ1) is 30.2. The molecular weight excluding hydrogens is 539 g/mol. The van der Waals surface area contributed by atoms with Gasteiger partial charge in [0.1, 0.15) is 30.3 Å². The Bertz CT molecular complexity index is 1380. The third-order valence-corrected chi connectivity index (χ3v) is 7.02. The van der Waals surface area contributed by atoms with Crippen LogP contribution >= 0.6 is 0 Å². The summed E-state index contributed by atoms with van der Waals surface area (Å²) in [6.45, 7) is 0.601. The molecule has 2 atom stereocenters. The molecule has 0 fully saturated rings. The Labute approximate surface area is 244 Å². The largest absolute Gasteiger partial charge is 0.491 e. The first-order chi connectivity index (χ1) is 20.3. The van der Waals surface area contributed by atoms with Crippen LogP contribution in [0.25, 0.3) is 0 Å². The number of likely N-dealkylation sites (N-methyl/N-ethyl adjacent to an activating group) is 1. The van der Waals surface area contributed by atoms with Crippen LogP contribution in [0.4, 0.5) is 4.39 Å². The zero-order chi connectivity index (χ0) is 29.9. The minimum atomic E-state index is -1.03. The van der Waals surface area contributed by atoms with Crippen molar-refractivity contribution in [3.8, 4) is 5.75 Å². The number of benzene rings is 3. The monoisotopic (exact) mass is 574 g/mol. The van der Waals surface area contributed by atoms with Crippen LogP contribution in [-0.2, 0) is 27.2 Å². The molecule has 0 bridgehead atoms. The van der Waals surface area contributed by atoms with E-state index in [1.54, 1.807) is 43.4 Å². The van der Waals surface area contributed by atoms with Crippen molar-refractivity contribution in [2.24, 2.45) is 0 Å². The third-order valence-electron chi connectivity index (χ3n) is 7.02. The zero-order valence-electron chi connectivity index (χ0n) is 23.5. The molecule has 9 nitrogen and oxygen atoms in total. The summed E-state index contributed by atoms with van der Waals surface area (Å²) < 4.78 is 19.1. The van der Waals surface area contributed by atoms with Gasteiger partial charge in [0, 0.05) is 26.4 Å². The Kier molecular flexibility index (Phi) is 10.6. The molecule has 1 aliphatic rings. The fourth-order valence-electron chi connectivity index (χ4n) is 4.65. The zero-order valence-corrected chi connectivity index (χ0v) is 23.5. The van der Waals surface area contributed by atoms with Crippen LogP contribution in [0, 0.1) is 5.82 Å². The molecule has 42 heavy (non-hydrogen) atoms. The number of hydrogen-bond donors (Lipinski definition) is 3. The minimum Gasteiger partial charge on any atom is -0.491 e. The molecule has 4 amide bonds. The van der Waals surface area contributed by atoms with E-state index >= 15 is 0 Å². The van der Waals surface area contributed by atoms with E-state index in [2.05, 4.69) is 16.0 Å². The minimum absolute atomic E-state index is 0.00503. The van der Waals surface area contributed by atoms with Gasteiger partial charge in [0.2, 0.25) is 17.7 Å². The molecule has 10 heteroatoms. The molecule has 1 heterocycles. The van der Waals surface area contributed by atoms with Gasteiger partial charge < -0.3 is 25.6 Å². The first-order valence-electron chi connectivity index (χ1n) is 13.9. The van der Waals surface area contributed by atoms with Crippen molar-refractivity contribution in [1.82, 2.24) is 20.9 Å². The van der Waals surface area contributed by atoms with Crippen molar-refractivity contribution in [3.63, 3.8) is 0 Å². The Hall–Kier alpha value is -4.73. The van der Waals surface area contributed by atoms with E-state index in [9.17, 15) is 23.6 Å². The molecule has 3 N–H and O–H groups in total. The number of rotatable bonds is 6. The van der Waals surface area contributed by atoms with Gasteiger partial charge in [-0.15, -0.1) is 0 Å². The molecule has 3 aromatic carbocycles. The number of fused-ring (bicyclic) bond motifs is 1. The lowest BCUT2D eigenvalue weighted by Gasteiger charge is -2.25. The summed E-state index contributed by atoms with van der Waals surface area (Å²) >= 11 is 0. The van der Waals surface area contributed by atoms with Crippen molar-refractivity contribution in [2.75, 3.05) is 26.7 Å². The van der Waals surface area contributed by atoms with E-state index in [-0.39, 0.29) is 49.8 Å². The molecule has 1 aliphatic heterocycles. The van der Waals surface area contributed by atoms with Crippen molar-refractivity contribution in [3.05, 3.63) is 101 Å². The predicted molar refractivity (Wildman–Crippen MR) is 155 cm³/mol. The number of para-hydroxylation sites is 1. The van der Waals surface area contributed by atoms with Gasteiger partial charge in [-0.05, 0) is 48.2 Å². The maximum Gasteiger partial charge on any atom is 0.255 e. The van der Waals surface area contributed by atoms with Crippen LogP contribution < -0.4 is 20.7 Å². The number of carbonyl (C=O) groups excluding carboxylic acids is 4. The highest BCUT2D eigenvalue weighted by molar-refractivity contribution is 5.99.